The van der Waals surface area contributed by atoms with Gasteiger partial charge in [-0.2, -0.15) is 0 Å². The smallest absolute Gasteiger partial charge is 0.195 e. The van der Waals surface area contributed by atoms with Gasteiger partial charge in [-0.05, 0) is 54.8 Å². The lowest BCUT2D eigenvalue weighted by Crippen LogP contribution is -2.01. The van der Waals surface area contributed by atoms with E-state index in [1.165, 1.54) is 0 Å². The summed E-state index contributed by atoms with van der Waals surface area (Å²) >= 11 is 0. The highest BCUT2D eigenvalue weighted by atomic mass is 16.3. The molecule has 0 unspecified atom stereocenters. The van der Waals surface area contributed by atoms with Gasteiger partial charge in [0.25, 0.3) is 0 Å². The zero-order valence-corrected chi connectivity index (χ0v) is 24.2. The molecule has 0 amide bonds. The van der Waals surface area contributed by atoms with Crippen molar-refractivity contribution in [1.82, 2.24) is 24.9 Å². The van der Waals surface area contributed by atoms with Crippen LogP contribution in [0.4, 0.5) is 0 Å². The van der Waals surface area contributed by atoms with Gasteiger partial charge in [0, 0.05) is 40.1 Å². The van der Waals surface area contributed by atoms with Gasteiger partial charge in [0.05, 0.1) is 0 Å². The molecule has 0 radical (unpaired) electrons. The van der Waals surface area contributed by atoms with Crippen LogP contribution >= 0.6 is 0 Å². The Labute approximate surface area is 250 Å². The molecule has 7 rings (SSSR count). The number of hydrogen-bond donors (Lipinski definition) is 0. The van der Waals surface area contributed by atoms with Gasteiger partial charge in [-0.15, -0.1) is 0 Å². The Hall–Kier alpha value is -5.49. The molecular weight excluding hydrogens is 530 g/mol. The summed E-state index contributed by atoms with van der Waals surface area (Å²) in [4.78, 5) is 24.3. The Kier molecular flexibility index (Phi) is 6.79. The molecule has 3 heterocycles. The third-order valence-corrected chi connectivity index (χ3v) is 7.54. The van der Waals surface area contributed by atoms with E-state index in [0.29, 0.717) is 17.5 Å². The summed E-state index contributed by atoms with van der Waals surface area (Å²) in [5.41, 5.74) is 10.6. The second kappa shape index (κ2) is 11.1. The number of nitrogens with zero attached hydrogens (tertiary/aromatic N) is 5. The van der Waals surface area contributed by atoms with Crippen LogP contribution in [0.5, 0.6) is 0 Å². The van der Waals surface area contributed by atoms with E-state index in [1.807, 2.05) is 80.6 Å². The van der Waals surface area contributed by atoms with Crippen LogP contribution < -0.4 is 0 Å². The molecule has 7 aromatic rings. The molecule has 4 aromatic carbocycles. The highest BCUT2D eigenvalue weighted by molar-refractivity contribution is 5.90. The maximum Gasteiger partial charge on any atom is 0.195 e. The Balaban J connectivity index is 1.44. The first-order chi connectivity index (χ1) is 21.1. The van der Waals surface area contributed by atoms with E-state index < -0.39 is 0 Å². The molecule has 0 atom stereocenters. The molecule has 6 nitrogen and oxygen atoms in total. The minimum atomic E-state index is 0.609. The lowest BCUT2D eigenvalue weighted by molar-refractivity contribution is 0.538. The van der Waals surface area contributed by atoms with E-state index in [0.717, 1.165) is 73.7 Å². The summed E-state index contributed by atoms with van der Waals surface area (Å²) < 4.78 is 5.88. The van der Waals surface area contributed by atoms with Crippen molar-refractivity contribution in [2.45, 2.75) is 27.2 Å². The molecule has 0 saturated carbocycles. The van der Waals surface area contributed by atoms with Gasteiger partial charge >= 0.3 is 0 Å². The SMILES string of the molecule is CCc1nc2cc(-c3ccc(-c4nc(-c5ccccc5)nc(-c5ccccc5)n4)cc3-c3ccc(C)nc3C)ccc2o1. The molecule has 0 aliphatic rings. The number of rotatable bonds is 6. The first kappa shape index (κ1) is 26.4. The topological polar surface area (TPSA) is 77.6 Å². The molecule has 0 aliphatic carbocycles. The minimum Gasteiger partial charge on any atom is -0.441 e. The maximum atomic E-state index is 5.88. The lowest BCUT2D eigenvalue weighted by Gasteiger charge is -2.15. The number of fused-ring (bicyclic) bond motifs is 1. The molecular formula is C37H29N5O. The Bertz CT molecular complexity index is 2030. The highest BCUT2D eigenvalue weighted by Crippen LogP contribution is 2.38. The molecule has 0 spiro atoms. The zero-order chi connectivity index (χ0) is 29.3. The normalized spacial score (nSPS) is 11.2. The number of aryl methyl sites for hydroxylation is 3. The van der Waals surface area contributed by atoms with E-state index >= 15 is 0 Å². The largest absolute Gasteiger partial charge is 0.441 e. The summed E-state index contributed by atoms with van der Waals surface area (Å²) in [7, 11) is 0. The van der Waals surface area contributed by atoms with Gasteiger partial charge in [0.15, 0.2) is 28.9 Å². The Morgan fingerprint density at radius 3 is 1.74 bits per heavy atom. The van der Waals surface area contributed by atoms with Crippen molar-refractivity contribution in [3.8, 4) is 56.4 Å². The van der Waals surface area contributed by atoms with Crippen LogP contribution in [-0.4, -0.2) is 24.9 Å². The molecule has 3 aromatic heterocycles. The maximum absolute atomic E-state index is 5.88. The number of pyridine rings is 1. The zero-order valence-electron chi connectivity index (χ0n) is 24.2. The van der Waals surface area contributed by atoms with E-state index in [2.05, 4.69) is 54.4 Å². The summed E-state index contributed by atoms with van der Waals surface area (Å²) in [6, 6.07) is 36.8. The third kappa shape index (κ3) is 5.19. The average Bonchev–Trinajstić information content (AvgIpc) is 3.48. The van der Waals surface area contributed by atoms with Gasteiger partial charge in [-0.1, -0.05) is 91.9 Å². The monoisotopic (exact) mass is 559 g/mol. The first-order valence-corrected chi connectivity index (χ1v) is 14.4. The van der Waals surface area contributed by atoms with Gasteiger partial charge in [-0.3, -0.25) is 4.98 Å². The molecule has 6 heteroatoms. The summed E-state index contributed by atoms with van der Waals surface area (Å²) in [6.45, 7) is 6.11. The van der Waals surface area contributed by atoms with Crippen LogP contribution in [0, 0.1) is 13.8 Å². The van der Waals surface area contributed by atoms with Gasteiger partial charge < -0.3 is 4.42 Å². The van der Waals surface area contributed by atoms with Crippen molar-refractivity contribution < 1.29 is 4.42 Å². The predicted molar refractivity (Wildman–Crippen MR) is 171 cm³/mol. The standard InChI is InChI=1S/C37H29N5O/c1-4-34-39-32-22-27(17-20-33(32)43-34)30-19-16-28(21-31(30)29-18-15-23(2)38-24(29)3)37-41-35(25-11-7-5-8-12-25)40-36(42-37)26-13-9-6-10-14-26/h5-22H,4H2,1-3H3. The van der Waals surface area contributed by atoms with Crippen molar-refractivity contribution in [2.75, 3.05) is 0 Å². The minimum absolute atomic E-state index is 0.609. The molecule has 0 saturated heterocycles. The molecule has 208 valence electrons. The van der Waals surface area contributed by atoms with Crippen molar-refractivity contribution in [1.29, 1.82) is 0 Å². The van der Waals surface area contributed by atoms with Gasteiger partial charge in [0.1, 0.15) is 5.52 Å². The molecule has 0 aliphatic heterocycles. The van der Waals surface area contributed by atoms with E-state index in [4.69, 9.17) is 24.4 Å². The average molecular weight is 560 g/mol. The fourth-order valence-corrected chi connectivity index (χ4v) is 5.36. The number of hydrogen-bond acceptors (Lipinski definition) is 6. The third-order valence-electron chi connectivity index (χ3n) is 7.54. The van der Waals surface area contributed by atoms with Gasteiger partial charge in [0.2, 0.25) is 0 Å². The summed E-state index contributed by atoms with van der Waals surface area (Å²) in [5.74, 6) is 2.61. The number of oxazole rings is 1. The van der Waals surface area contributed by atoms with Crippen molar-refractivity contribution in [3.63, 3.8) is 0 Å². The van der Waals surface area contributed by atoms with Crippen LogP contribution in [-0.2, 0) is 6.42 Å². The Morgan fingerprint density at radius 1 is 0.512 bits per heavy atom. The first-order valence-electron chi connectivity index (χ1n) is 14.4. The molecule has 0 N–H and O–H groups in total. The van der Waals surface area contributed by atoms with Crippen molar-refractivity contribution >= 4 is 11.1 Å². The van der Waals surface area contributed by atoms with E-state index in [9.17, 15) is 0 Å². The molecule has 43 heavy (non-hydrogen) atoms. The number of aromatic nitrogens is 5. The van der Waals surface area contributed by atoms with Crippen LogP contribution in [0.3, 0.4) is 0 Å². The van der Waals surface area contributed by atoms with Crippen molar-refractivity contribution in [3.05, 3.63) is 126 Å². The fraction of sp³-hybridized carbons (Fsp3) is 0.108. The van der Waals surface area contributed by atoms with Crippen LogP contribution in [0.1, 0.15) is 24.2 Å². The molecule has 0 bridgehead atoms. The fourth-order valence-electron chi connectivity index (χ4n) is 5.36. The van der Waals surface area contributed by atoms with E-state index in [-0.39, 0.29) is 0 Å². The second-order valence-corrected chi connectivity index (χ2v) is 10.5. The van der Waals surface area contributed by atoms with E-state index in [1.54, 1.807) is 0 Å². The quantitative estimate of drug-likeness (QED) is 0.202. The van der Waals surface area contributed by atoms with Crippen LogP contribution in [0.15, 0.2) is 114 Å². The molecule has 0 fully saturated rings. The summed E-state index contributed by atoms with van der Waals surface area (Å²) in [6.07, 6.45) is 0.750. The van der Waals surface area contributed by atoms with Crippen molar-refractivity contribution in [2.24, 2.45) is 0 Å². The lowest BCUT2D eigenvalue weighted by atomic mass is 9.91. The Morgan fingerprint density at radius 2 is 1.12 bits per heavy atom. The highest BCUT2D eigenvalue weighted by Gasteiger charge is 2.17. The van der Waals surface area contributed by atoms with Crippen LogP contribution in [0.2, 0.25) is 0 Å². The summed E-state index contributed by atoms with van der Waals surface area (Å²) in [5, 5.41) is 0. The second-order valence-electron chi connectivity index (χ2n) is 10.5. The van der Waals surface area contributed by atoms with Crippen LogP contribution in [0.25, 0.3) is 67.5 Å². The van der Waals surface area contributed by atoms with Gasteiger partial charge in [-0.25, -0.2) is 19.9 Å². The number of benzene rings is 4. The predicted octanol–water partition coefficient (Wildman–Crippen LogP) is 8.92.